The summed E-state index contributed by atoms with van der Waals surface area (Å²) in [6.07, 6.45) is 0. The van der Waals surface area contributed by atoms with Crippen LogP contribution in [-0.2, 0) is 0 Å². The number of fused-ring (bicyclic) bond motifs is 21. The lowest BCUT2D eigenvalue weighted by atomic mass is 10.0. The molecule has 0 spiro atoms. The van der Waals surface area contributed by atoms with Gasteiger partial charge in [-0.05, 0) is 133 Å². The molecule has 30 rings (SSSR count). The van der Waals surface area contributed by atoms with E-state index in [0.717, 1.165) is 215 Å². The third-order valence-electron chi connectivity index (χ3n) is 25.9. The van der Waals surface area contributed by atoms with E-state index in [1.165, 1.54) is 0 Å². The molecule has 660 valence electrons. The van der Waals surface area contributed by atoms with Gasteiger partial charge in [0.2, 0.25) is 23.6 Å². The van der Waals surface area contributed by atoms with Gasteiger partial charge in [-0.25, -0.2) is 49.8 Å². The van der Waals surface area contributed by atoms with E-state index in [1.807, 2.05) is 346 Å². The van der Waals surface area contributed by atoms with Crippen molar-refractivity contribution in [1.29, 1.82) is 0 Å². The minimum Gasteiger partial charge on any atom is -0.456 e. The van der Waals surface area contributed by atoms with Crippen molar-refractivity contribution in [2.75, 3.05) is 0 Å². The monoisotopic (exact) mass is 1820 g/mol. The molecule has 0 aliphatic heterocycles. The normalized spacial score (nSPS) is 11.8. The molecule has 0 saturated heterocycles. The Morgan fingerprint density at radius 3 is 0.865 bits per heavy atom. The van der Waals surface area contributed by atoms with Crippen molar-refractivity contribution in [3.05, 3.63) is 406 Å². The summed E-state index contributed by atoms with van der Waals surface area (Å²) in [5, 5.41) is 11.7. The topological polar surface area (TPSA) is 265 Å². The van der Waals surface area contributed by atoms with Gasteiger partial charge >= 0.3 is 0 Å². The number of furan rings is 5. The van der Waals surface area contributed by atoms with Gasteiger partial charge in [-0.1, -0.05) is 273 Å². The Morgan fingerprint density at radius 2 is 0.433 bits per heavy atom. The van der Waals surface area contributed by atoms with E-state index < -0.39 is 0 Å². The van der Waals surface area contributed by atoms with Crippen molar-refractivity contribution < 1.29 is 35.3 Å². The molecule has 21 nitrogen and oxygen atoms in total. The van der Waals surface area contributed by atoms with Crippen LogP contribution in [0.25, 0.3) is 296 Å². The summed E-state index contributed by atoms with van der Waals surface area (Å²) in [7, 11) is 0. The Hall–Kier alpha value is -19.8. The van der Waals surface area contributed by atoms with E-state index in [1.54, 1.807) is 0 Å². The average Bonchev–Trinajstić information content (AvgIpc) is 1.59. The summed E-state index contributed by atoms with van der Waals surface area (Å²) >= 11 is 0. The predicted molar refractivity (Wildman–Crippen MR) is 553 cm³/mol. The smallest absolute Gasteiger partial charge is 0.238 e. The van der Waals surface area contributed by atoms with E-state index >= 15 is 0 Å². The molecule has 30 aromatic rings. The lowest BCUT2D eigenvalue weighted by Gasteiger charge is -2.11. The number of benzene rings is 18. The highest BCUT2D eigenvalue weighted by Gasteiger charge is 2.29. The van der Waals surface area contributed by atoms with Crippen molar-refractivity contribution in [1.82, 2.24) is 64.4 Å². The number of aromatic nitrogens is 13. The molecule has 0 fully saturated rings. The molecular weight excluding hydrogens is 1750 g/mol. The zero-order valence-corrected chi connectivity index (χ0v) is 74.3. The Bertz CT molecular complexity index is 10100. The van der Waals surface area contributed by atoms with E-state index in [4.69, 9.17) is 95.1 Å². The first-order valence-electron chi connectivity index (χ1n) is 46.0. The second-order valence-electron chi connectivity index (χ2n) is 34.3. The third-order valence-corrected chi connectivity index (χ3v) is 25.9. The molecule has 0 amide bonds. The lowest BCUT2D eigenvalue weighted by Crippen LogP contribution is -2.06. The quantitative estimate of drug-likeness (QED) is 0.110. The van der Waals surface area contributed by atoms with Crippen molar-refractivity contribution in [3.63, 3.8) is 0 Å². The van der Waals surface area contributed by atoms with E-state index in [2.05, 4.69) is 65.2 Å². The molecule has 12 heterocycles. The second-order valence-corrected chi connectivity index (χ2v) is 34.3. The fourth-order valence-corrected chi connectivity index (χ4v) is 19.6. The standard InChI is InChI=1S/C40H23N5O2.2C40H22N4O3/c1-2-12-24(13-3-1)37-42-38(44-40(43-37)45-30-19-7-4-14-25(30)26-15-5-8-20-31(26)45)27-16-10-22-33-35(27)36-28(17-11-23-34(36)46-33)39-41-29-18-6-9-21-32(29)47-39;1-2-11-23(12-3-1)37-42-38(44-39(43-37)28-17-8-14-25-24-13-4-6-19-30(24)46-36(25)28)26-15-9-21-32-34(26)35-27(16-10-22-33(35)45-32)40-41-29-18-5-7-20-31(29)47-40;1-2-10-23(11-3-1)37-42-38(24-20-21-26-25-12-4-6-16-30(25)45-34(26)22-24)44-39(43-37)27-13-8-18-32-35(27)36-28(14-9-19-33(36)46-32)40-41-29-15-5-7-17-31(29)47-40/h1-23H;2*1-22H. The van der Waals surface area contributed by atoms with Crippen LogP contribution in [0.15, 0.2) is 442 Å². The van der Waals surface area contributed by atoms with Crippen LogP contribution < -0.4 is 0 Å². The van der Waals surface area contributed by atoms with Crippen molar-refractivity contribution in [3.8, 4) is 131 Å². The molecule has 12 aromatic heterocycles. The number of hydrogen-bond donors (Lipinski definition) is 0. The van der Waals surface area contributed by atoms with Gasteiger partial charge in [0.1, 0.15) is 72.4 Å². The summed E-state index contributed by atoms with van der Waals surface area (Å²) in [5.74, 6) is 6.46. The van der Waals surface area contributed by atoms with Crippen LogP contribution in [0.1, 0.15) is 0 Å². The predicted octanol–water partition coefficient (Wildman–Crippen LogP) is 31.0. The molecule has 0 saturated carbocycles. The molecule has 0 unspecified atom stereocenters. The minimum absolute atomic E-state index is 0.516. The molecule has 0 aliphatic carbocycles. The number of oxazole rings is 3. The number of rotatable bonds is 12. The van der Waals surface area contributed by atoms with E-state index in [9.17, 15) is 0 Å². The Balaban J connectivity index is 0.000000104. The van der Waals surface area contributed by atoms with Gasteiger partial charge in [-0.2, -0.15) is 9.97 Å². The lowest BCUT2D eigenvalue weighted by molar-refractivity contribution is 0.620. The fraction of sp³-hybridized carbons (Fsp3) is 0. The number of para-hydroxylation sites is 11. The zero-order valence-electron chi connectivity index (χ0n) is 74.3. The molecule has 0 radical (unpaired) electrons. The van der Waals surface area contributed by atoms with Gasteiger partial charge in [0, 0.05) is 120 Å². The van der Waals surface area contributed by atoms with Crippen molar-refractivity contribution >= 4 is 165 Å². The summed E-state index contributed by atoms with van der Waals surface area (Å²) in [5.41, 5.74) is 23.3. The molecule has 0 bridgehead atoms. The molecule has 21 heteroatoms. The summed E-state index contributed by atoms with van der Waals surface area (Å²) in [4.78, 5) is 60.1. The molecule has 18 aromatic carbocycles. The van der Waals surface area contributed by atoms with Crippen LogP contribution in [0.5, 0.6) is 0 Å². The Kier molecular flexibility index (Phi) is 18.4. The van der Waals surface area contributed by atoms with Gasteiger partial charge < -0.3 is 35.3 Å². The van der Waals surface area contributed by atoms with Crippen LogP contribution in [0, 0.1) is 0 Å². The highest BCUT2D eigenvalue weighted by molar-refractivity contribution is 6.21. The second kappa shape index (κ2) is 32.5. The van der Waals surface area contributed by atoms with Crippen LogP contribution >= 0.6 is 0 Å². The maximum absolute atomic E-state index is 6.44. The molecular formula is C120H67N13O8. The Morgan fingerprint density at radius 1 is 0.156 bits per heavy atom. The van der Waals surface area contributed by atoms with Crippen LogP contribution in [0.2, 0.25) is 0 Å². The maximum Gasteiger partial charge on any atom is 0.238 e. The fourth-order valence-electron chi connectivity index (χ4n) is 19.6. The SMILES string of the molecule is c1ccc(-c2nc(-c3ccc4c(c3)oc3ccccc34)nc(-c3cccc4oc5cccc(-c6nc7ccccc7o6)c5c34)n2)cc1.c1ccc(-c2nc(-c3cccc4c3oc3ccccc34)nc(-c3cccc4oc5cccc(-c6nc7ccccc7o6)c5c34)n2)cc1.c1ccc(-c2nc(-c3cccc4oc5cccc(-c6nc7ccccc7o6)c5c34)nc(-n3c4ccccc4c4ccccc43)n2)cc1. The van der Waals surface area contributed by atoms with Gasteiger partial charge in [0.15, 0.2) is 63.3 Å². The van der Waals surface area contributed by atoms with Crippen LogP contribution in [-0.4, -0.2) is 64.4 Å². The first-order chi connectivity index (χ1) is 69.8. The summed E-state index contributed by atoms with van der Waals surface area (Å²) < 4.78 is 52.7. The number of hydrogen-bond acceptors (Lipinski definition) is 20. The third kappa shape index (κ3) is 13.5. The molecule has 0 aliphatic rings. The minimum atomic E-state index is 0.516. The highest BCUT2D eigenvalue weighted by Crippen LogP contribution is 2.48. The van der Waals surface area contributed by atoms with Gasteiger partial charge in [-0.3, -0.25) is 4.57 Å². The number of nitrogens with zero attached hydrogens (tertiary/aromatic N) is 13. The first-order valence-corrected chi connectivity index (χ1v) is 46.0. The van der Waals surface area contributed by atoms with Gasteiger partial charge in [-0.15, -0.1) is 0 Å². The maximum atomic E-state index is 6.44. The molecule has 141 heavy (non-hydrogen) atoms. The largest absolute Gasteiger partial charge is 0.456 e. The zero-order chi connectivity index (χ0) is 92.7. The van der Waals surface area contributed by atoms with Gasteiger partial charge in [0.25, 0.3) is 0 Å². The first kappa shape index (κ1) is 79.7. The van der Waals surface area contributed by atoms with Gasteiger partial charge in [0.05, 0.1) is 16.6 Å². The summed E-state index contributed by atoms with van der Waals surface area (Å²) in [6.45, 7) is 0. The molecule has 0 N–H and O–H groups in total. The van der Waals surface area contributed by atoms with Crippen molar-refractivity contribution in [2.24, 2.45) is 0 Å². The Labute approximate surface area is 797 Å². The molecule has 0 atom stereocenters. The highest BCUT2D eigenvalue weighted by atomic mass is 16.4. The van der Waals surface area contributed by atoms with E-state index in [-0.39, 0.29) is 0 Å². The van der Waals surface area contributed by atoms with Crippen LogP contribution in [0.4, 0.5) is 0 Å². The van der Waals surface area contributed by atoms with Crippen molar-refractivity contribution in [2.45, 2.75) is 0 Å². The average molecular weight is 1820 g/mol. The summed E-state index contributed by atoms with van der Waals surface area (Å²) in [6, 6.07) is 134. The van der Waals surface area contributed by atoms with E-state index in [0.29, 0.717) is 81.4 Å². The van der Waals surface area contributed by atoms with Crippen LogP contribution in [0.3, 0.4) is 0 Å².